The fourth-order valence-electron chi connectivity index (χ4n) is 4.82. The molecule has 198 valence electrons. The van der Waals surface area contributed by atoms with Gasteiger partial charge in [0, 0.05) is 38.7 Å². The number of carbonyl (C=O) groups excluding carboxylic acids is 1. The van der Waals surface area contributed by atoms with E-state index in [0.29, 0.717) is 86.7 Å². The van der Waals surface area contributed by atoms with Gasteiger partial charge >= 0.3 is 6.18 Å². The van der Waals surface area contributed by atoms with Crippen molar-refractivity contribution in [3.05, 3.63) is 52.3 Å². The highest BCUT2D eigenvalue weighted by Gasteiger charge is 2.33. The van der Waals surface area contributed by atoms with Gasteiger partial charge in [0.15, 0.2) is 11.5 Å². The maximum absolute atomic E-state index is 13.6. The normalized spacial score (nSPS) is 17.0. The lowest BCUT2D eigenvalue weighted by molar-refractivity contribution is -0.138. The Kier molecular flexibility index (Phi) is 6.95. The van der Waals surface area contributed by atoms with Crippen molar-refractivity contribution in [2.45, 2.75) is 25.9 Å². The van der Waals surface area contributed by atoms with Gasteiger partial charge in [-0.2, -0.15) is 13.2 Å². The first-order chi connectivity index (χ1) is 17.7. The molecule has 9 nitrogen and oxygen atoms in total. The van der Waals surface area contributed by atoms with E-state index in [9.17, 15) is 18.0 Å². The molecule has 1 aromatic carbocycles. The Labute approximate surface area is 211 Å². The summed E-state index contributed by atoms with van der Waals surface area (Å²) in [6, 6.07) is 5.87. The number of halogens is 3. The number of alkyl halides is 3. The topological polar surface area (TPSA) is 98.2 Å². The number of hydrogen-bond donors (Lipinski definition) is 1. The largest absolute Gasteiger partial charge is 0.416 e. The first-order valence-corrected chi connectivity index (χ1v) is 12.2. The first kappa shape index (κ1) is 25.3. The lowest BCUT2D eigenvalue weighted by Gasteiger charge is -2.28. The van der Waals surface area contributed by atoms with Crippen LogP contribution in [-0.4, -0.2) is 78.0 Å². The Morgan fingerprint density at radius 1 is 1.08 bits per heavy atom. The number of imidazole rings is 1. The van der Waals surface area contributed by atoms with E-state index in [-0.39, 0.29) is 24.3 Å². The van der Waals surface area contributed by atoms with Crippen molar-refractivity contribution in [1.29, 1.82) is 0 Å². The molecule has 12 heteroatoms. The molecule has 0 bridgehead atoms. The Hall–Kier alpha value is -3.38. The van der Waals surface area contributed by atoms with E-state index in [0.717, 1.165) is 6.07 Å². The van der Waals surface area contributed by atoms with Gasteiger partial charge in [0.25, 0.3) is 0 Å². The summed E-state index contributed by atoms with van der Waals surface area (Å²) in [6.45, 7) is 5.73. The van der Waals surface area contributed by atoms with Crippen LogP contribution in [0, 0.1) is 6.92 Å². The van der Waals surface area contributed by atoms with Gasteiger partial charge in [0.2, 0.25) is 5.91 Å². The van der Waals surface area contributed by atoms with Crippen LogP contribution in [0.4, 0.5) is 24.7 Å². The lowest BCUT2D eigenvalue weighted by Crippen LogP contribution is -2.41. The van der Waals surface area contributed by atoms with E-state index >= 15 is 0 Å². The molecule has 2 N–H and O–H groups in total. The van der Waals surface area contributed by atoms with E-state index in [4.69, 9.17) is 20.3 Å². The van der Waals surface area contributed by atoms with Gasteiger partial charge in [-0.1, -0.05) is 12.1 Å². The summed E-state index contributed by atoms with van der Waals surface area (Å²) in [7, 11) is 0. The SMILES string of the molecule is Cc1c(Cc2c(CC(=O)N3CCOCC3)nc3c(N)cc(N4CCOCC4)nn23)cccc1C(F)(F)F. The van der Waals surface area contributed by atoms with Crippen molar-refractivity contribution in [3.8, 4) is 0 Å². The predicted octanol–water partition coefficient (Wildman–Crippen LogP) is 2.47. The minimum absolute atomic E-state index is 0.0109. The molecule has 0 atom stereocenters. The van der Waals surface area contributed by atoms with Gasteiger partial charge in [-0.05, 0) is 24.1 Å². The standard InChI is InChI=1S/C25H29F3N6O3/c1-16-17(3-2-4-18(16)25(26,27)28)13-21-20(15-23(35)33-7-11-37-12-8-33)30-24-19(29)14-22(31-34(21)24)32-5-9-36-10-6-32/h2-4,14H,5-13,15,29H2,1H3. The Bertz CT molecular complexity index is 1300. The molecule has 37 heavy (non-hydrogen) atoms. The summed E-state index contributed by atoms with van der Waals surface area (Å²) < 4.78 is 53.2. The van der Waals surface area contributed by atoms with Gasteiger partial charge < -0.3 is 25.0 Å². The van der Waals surface area contributed by atoms with Crippen molar-refractivity contribution in [2.24, 2.45) is 0 Å². The molecule has 0 aliphatic carbocycles. The first-order valence-electron chi connectivity index (χ1n) is 12.2. The number of anilines is 2. The molecule has 2 aliphatic rings. The molecular weight excluding hydrogens is 489 g/mol. The molecule has 1 amide bonds. The average Bonchev–Trinajstić information content (AvgIpc) is 3.23. The molecule has 0 saturated carbocycles. The van der Waals surface area contributed by atoms with Crippen LogP contribution in [0.15, 0.2) is 24.3 Å². The number of ether oxygens (including phenoxy) is 2. The summed E-state index contributed by atoms with van der Waals surface area (Å²) in [6.07, 6.45) is -4.37. The summed E-state index contributed by atoms with van der Waals surface area (Å²) in [5, 5.41) is 4.77. The molecule has 0 unspecified atom stereocenters. The monoisotopic (exact) mass is 518 g/mol. The molecular formula is C25H29F3N6O3. The van der Waals surface area contributed by atoms with Crippen LogP contribution in [0.3, 0.4) is 0 Å². The number of nitrogens with two attached hydrogens (primary N) is 1. The molecule has 2 aromatic heterocycles. The molecule has 4 heterocycles. The quantitative estimate of drug-likeness (QED) is 0.554. The van der Waals surface area contributed by atoms with E-state index in [2.05, 4.69) is 4.98 Å². The minimum Gasteiger partial charge on any atom is -0.396 e. The lowest BCUT2D eigenvalue weighted by atomic mass is 9.97. The number of nitrogens with zero attached hydrogens (tertiary/aromatic N) is 5. The zero-order valence-corrected chi connectivity index (χ0v) is 20.6. The van der Waals surface area contributed by atoms with Gasteiger partial charge in [0.05, 0.1) is 55.5 Å². The third kappa shape index (κ3) is 5.21. The number of hydrogen-bond acceptors (Lipinski definition) is 7. The molecule has 5 rings (SSSR count). The molecule has 2 saturated heterocycles. The van der Waals surface area contributed by atoms with Crippen molar-refractivity contribution in [1.82, 2.24) is 19.5 Å². The zero-order chi connectivity index (χ0) is 26.2. The molecule has 2 aliphatic heterocycles. The Morgan fingerprint density at radius 2 is 1.76 bits per heavy atom. The van der Waals surface area contributed by atoms with Crippen LogP contribution < -0.4 is 10.6 Å². The van der Waals surface area contributed by atoms with Crippen LogP contribution in [0.25, 0.3) is 5.65 Å². The van der Waals surface area contributed by atoms with Crippen LogP contribution in [-0.2, 0) is 33.3 Å². The van der Waals surface area contributed by atoms with Crippen molar-refractivity contribution in [2.75, 3.05) is 63.2 Å². The predicted molar refractivity (Wildman–Crippen MR) is 131 cm³/mol. The number of benzene rings is 1. The summed E-state index contributed by atoms with van der Waals surface area (Å²) in [5.74, 6) is 0.500. The number of morpholine rings is 2. The van der Waals surface area contributed by atoms with E-state index in [1.807, 2.05) is 4.90 Å². The van der Waals surface area contributed by atoms with Crippen LogP contribution in [0.1, 0.15) is 28.1 Å². The van der Waals surface area contributed by atoms with E-state index < -0.39 is 11.7 Å². The van der Waals surface area contributed by atoms with Crippen LogP contribution >= 0.6 is 0 Å². The van der Waals surface area contributed by atoms with Gasteiger partial charge in [-0.3, -0.25) is 4.79 Å². The van der Waals surface area contributed by atoms with Gasteiger partial charge in [-0.25, -0.2) is 9.50 Å². The second-order valence-corrected chi connectivity index (χ2v) is 9.23. The highest BCUT2D eigenvalue weighted by Crippen LogP contribution is 2.34. The third-order valence-corrected chi connectivity index (χ3v) is 6.90. The Balaban J connectivity index is 1.59. The summed E-state index contributed by atoms with van der Waals surface area (Å²) >= 11 is 0. The molecule has 0 radical (unpaired) electrons. The summed E-state index contributed by atoms with van der Waals surface area (Å²) in [4.78, 5) is 21.5. The number of rotatable bonds is 5. The zero-order valence-electron chi connectivity index (χ0n) is 20.6. The number of fused-ring (bicyclic) bond motifs is 1. The Morgan fingerprint density at radius 3 is 2.43 bits per heavy atom. The number of amides is 1. The highest BCUT2D eigenvalue weighted by molar-refractivity contribution is 5.80. The van der Waals surface area contributed by atoms with Crippen molar-refractivity contribution in [3.63, 3.8) is 0 Å². The number of carbonyl (C=O) groups is 1. The summed E-state index contributed by atoms with van der Waals surface area (Å²) in [5.41, 5.74) is 8.05. The molecule has 3 aromatic rings. The van der Waals surface area contributed by atoms with Crippen molar-refractivity contribution >= 4 is 23.1 Å². The van der Waals surface area contributed by atoms with Crippen LogP contribution in [0.2, 0.25) is 0 Å². The maximum atomic E-state index is 13.6. The molecule has 2 fully saturated rings. The second-order valence-electron chi connectivity index (χ2n) is 9.23. The van der Waals surface area contributed by atoms with E-state index in [1.165, 1.54) is 13.0 Å². The van der Waals surface area contributed by atoms with Gasteiger partial charge in [-0.15, -0.1) is 5.10 Å². The average molecular weight is 519 g/mol. The smallest absolute Gasteiger partial charge is 0.396 e. The van der Waals surface area contributed by atoms with E-state index in [1.54, 1.807) is 21.5 Å². The fraction of sp³-hybridized carbons (Fsp3) is 0.480. The number of nitrogen functional groups attached to an aromatic ring is 1. The third-order valence-electron chi connectivity index (χ3n) is 6.90. The fourth-order valence-corrected chi connectivity index (χ4v) is 4.82. The molecule has 0 spiro atoms. The van der Waals surface area contributed by atoms with Crippen LogP contribution in [0.5, 0.6) is 0 Å². The minimum atomic E-state index is -4.47. The van der Waals surface area contributed by atoms with Gasteiger partial charge in [0.1, 0.15) is 0 Å². The van der Waals surface area contributed by atoms with Crippen molar-refractivity contribution < 1.29 is 27.4 Å². The number of aromatic nitrogens is 3. The maximum Gasteiger partial charge on any atom is 0.416 e. The second kappa shape index (κ2) is 10.2. The highest BCUT2D eigenvalue weighted by atomic mass is 19.4.